The highest BCUT2D eigenvalue weighted by Gasteiger charge is 2.11. The fourth-order valence-electron chi connectivity index (χ4n) is 3.90. The van der Waals surface area contributed by atoms with E-state index in [0.29, 0.717) is 0 Å². The Bertz CT molecular complexity index is 1180. The summed E-state index contributed by atoms with van der Waals surface area (Å²) in [6.45, 7) is 0. The summed E-state index contributed by atoms with van der Waals surface area (Å²) < 4.78 is 0. The summed E-state index contributed by atoms with van der Waals surface area (Å²) in [7, 11) is 0.770. The highest BCUT2D eigenvalue weighted by atomic mass is 31.1. The Kier molecular flexibility index (Phi) is 3.92. The third kappa shape index (κ3) is 2.59. The molecule has 1 unspecified atom stereocenters. The monoisotopic (exact) mass is 350 g/mol. The van der Waals surface area contributed by atoms with Gasteiger partial charge >= 0.3 is 0 Å². The summed E-state index contributed by atoms with van der Waals surface area (Å²) in [6, 6.07) is 35.3. The van der Waals surface area contributed by atoms with Crippen molar-refractivity contribution in [2.24, 2.45) is 0 Å². The highest BCUT2D eigenvalue weighted by Crippen LogP contribution is 2.36. The van der Waals surface area contributed by atoms with Gasteiger partial charge in [0.05, 0.1) is 0 Å². The number of rotatable bonds is 3. The van der Waals surface area contributed by atoms with E-state index in [1.807, 2.05) is 0 Å². The summed E-state index contributed by atoms with van der Waals surface area (Å²) in [6.07, 6.45) is 1.10. The molecule has 0 nitrogen and oxygen atoms in total. The minimum absolute atomic E-state index is 0.770. The summed E-state index contributed by atoms with van der Waals surface area (Å²) in [5, 5.41) is 9.69. The van der Waals surface area contributed by atoms with E-state index in [0.717, 1.165) is 14.7 Å². The van der Waals surface area contributed by atoms with Crippen LogP contribution in [-0.4, -0.2) is 0 Å². The standard InChI is InChI=1S/C25H19P/c1-2-9-18(10-3-1)17-26-24-16-8-15-23-21-12-5-4-11-19(21)20-13-6-7-14-22(20)25(23)24/h1-16,26H,17H2. The molecule has 26 heavy (non-hydrogen) atoms. The van der Waals surface area contributed by atoms with Crippen molar-refractivity contribution in [1.29, 1.82) is 0 Å². The largest absolute Gasteiger partial charge is 0.0852 e. The lowest BCUT2D eigenvalue weighted by Gasteiger charge is -2.14. The van der Waals surface area contributed by atoms with Gasteiger partial charge in [-0.15, -0.1) is 0 Å². The molecule has 5 aromatic rings. The predicted molar refractivity (Wildman–Crippen MR) is 117 cm³/mol. The molecule has 0 saturated carbocycles. The van der Waals surface area contributed by atoms with Gasteiger partial charge in [-0.2, -0.15) is 0 Å². The van der Waals surface area contributed by atoms with Crippen LogP contribution in [0.2, 0.25) is 0 Å². The Morgan fingerprint density at radius 3 is 1.62 bits per heavy atom. The average molecular weight is 350 g/mol. The molecule has 0 aromatic heterocycles. The minimum atomic E-state index is 0.770. The van der Waals surface area contributed by atoms with E-state index < -0.39 is 0 Å². The third-order valence-corrected chi connectivity index (χ3v) is 6.48. The van der Waals surface area contributed by atoms with Crippen LogP contribution in [0.5, 0.6) is 0 Å². The van der Waals surface area contributed by atoms with Crippen molar-refractivity contribution in [3.63, 3.8) is 0 Å². The SMILES string of the molecule is c1ccc(CPc2cccc3c4ccccc4c4ccccc4c23)cc1. The zero-order valence-corrected chi connectivity index (χ0v) is 15.4. The van der Waals surface area contributed by atoms with E-state index in [4.69, 9.17) is 0 Å². The second kappa shape index (κ2) is 6.56. The summed E-state index contributed by atoms with van der Waals surface area (Å²) in [5.74, 6) is 0. The van der Waals surface area contributed by atoms with Crippen molar-refractivity contribution in [3.05, 3.63) is 103 Å². The van der Waals surface area contributed by atoms with Crippen LogP contribution in [-0.2, 0) is 6.16 Å². The topological polar surface area (TPSA) is 0 Å². The molecular weight excluding hydrogens is 331 g/mol. The van der Waals surface area contributed by atoms with Gasteiger partial charge in [-0.05, 0) is 49.3 Å². The van der Waals surface area contributed by atoms with Gasteiger partial charge in [0.1, 0.15) is 0 Å². The van der Waals surface area contributed by atoms with Crippen LogP contribution in [0.1, 0.15) is 5.56 Å². The molecule has 124 valence electrons. The van der Waals surface area contributed by atoms with Gasteiger partial charge in [0.2, 0.25) is 0 Å². The van der Waals surface area contributed by atoms with Gasteiger partial charge in [0, 0.05) is 0 Å². The fourth-order valence-corrected chi connectivity index (χ4v) is 5.19. The lowest BCUT2D eigenvalue weighted by molar-refractivity contribution is 1.41. The summed E-state index contributed by atoms with van der Waals surface area (Å²) in [4.78, 5) is 0. The average Bonchev–Trinajstić information content (AvgIpc) is 2.73. The third-order valence-electron chi connectivity index (χ3n) is 5.09. The smallest absolute Gasteiger partial charge is 0.00245 e. The molecule has 0 saturated heterocycles. The maximum atomic E-state index is 2.31. The lowest BCUT2D eigenvalue weighted by Crippen LogP contribution is -1.99. The number of fused-ring (bicyclic) bond motifs is 6. The molecule has 0 bridgehead atoms. The van der Waals surface area contributed by atoms with E-state index in [-0.39, 0.29) is 0 Å². The first kappa shape index (κ1) is 15.6. The quantitative estimate of drug-likeness (QED) is 0.252. The van der Waals surface area contributed by atoms with Gasteiger partial charge in [0.25, 0.3) is 0 Å². The van der Waals surface area contributed by atoms with Crippen LogP contribution >= 0.6 is 8.58 Å². The van der Waals surface area contributed by atoms with E-state index >= 15 is 0 Å². The van der Waals surface area contributed by atoms with Gasteiger partial charge in [-0.3, -0.25) is 0 Å². The Morgan fingerprint density at radius 1 is 0.462 bits per heavy atom. The molecule has 5 aromatic carbocycles. The van der Waals surface area contributed by atoms with E-state index in [1.165, 1.54) is 43.2 Å². The Morgan fingerprint density at radius 2 is 0.962 bits per heavy atom. The van der Waals surface area contributed by atoms with E-state index in [2.05, 4.69) is 97.1 Å². The van der Waals surface area contributed by atoms with Crippen LogP contribution < -0.4 is 5.30 Å². The molecule has 0 N–H and O–H groups in total. The molecule has 0 fully saturated rings. The zero-order valence-electron chi connectivity index (χ0n) is 14.4. The normalized spacial score (nSPS) is 11.8. The van der Waals surface area contributed by atoms with Crippen molar-refractivity contribution in [1.82, 2.24) is 0 Å². The first-order valence-electron chi connectivity index (χ1n) is 9.02. The molecule has 0 aliphatic heterocycles. The van der Waals surface area contributed by atoms with Gasteiger partial charge in [-0.1, -0.05) is 106 Å². The first-order chi connectivity index (χ1) is 12.9. The second-order valence-corrected chi connectivity index (χ2v) is 7.90. The fraction of sp³-hybridized carbons (Fsp3) is 0.0400. The van der Waals surface area contributed by atoms with Crippen LogP contribution in [0.3, 0.4) is 0 Å². The van der Waals surface area contributed by atoms with Crippen LogP contribution in [0, 0.1) is 0 Å². The predicted octanol–water partition coefficient (Wildman–Crippen LogP) is 6.65. The van der Waals surface area contributed by atoms with Crippen molar-refractivity contribution in [2.45, 2.75) is 6.16 Å². The molecule has 1 heteroatoms. The van der Waals surface area contributed by atoms with Crippen LogP contribution in [0.25, 0.3) is 32.3 Å². The molecular formula is C25H19P. The zero-order chi connectivity index (χ0) is 17.3. The Labute approximate surface area is 155 Å². The summed E-state index contributed by atoms with van der Waals surface area (Å²) >= 11 is 0. The molecule has 0 amide bonds. The van der Waals surface area contributed by atoms with Crippen LogP contribution in [0.15, 0.2) is 97.1 Å². The maximum absolute atomic E-state index is 2.31. The Hall–Kier alpha value is -2.69. The maximum Gasteiger partial charge on any atom is -0.00245 e. The van der Waals surface area contributed by atoms with E-state index in [1.54, 1.807) is 0 Å². The second-order valence-electron chi connectivity index (χ2n) is 6.66. The van der Waals surface area contributed by atoms with Crippen molar-refractivity contribution in [2.75, 3.05) is 0 Å². The van der Waals surface area contributed by atoms with Gasteiger partial charge in [-0.25, -0.2) is 0 Å². The van der Waals surface area contributed by atoms with Crippen molar-refractivity contribution >= 4 is 46.2 Å². The summed E-state index contributed by atoms with van der Waals surface area (Å²) in [5.41, 5.74) is 1.41. The van der Waals surface area contributed by atoms with Gasteiger partial charge in [0.15, 0.2) is 0 Å². The van der Waals surface area contributed by atoms with Crippen molar-refractivity contribution in [3.8, 4) is 0 Å². The highest BCUT2D eigenvalue weighted by molar-refractivity contribution is 7.47. The Balaban J connectivity index is 1.77. The molecule has 0 aliphatic rings. The van der Waals surface area contributed by atoms with Crippen molar-refractivity contribution < 1.29 is 0 Å². The number of hydrogen-bond donors (Lipinski definition) is 0. The van der Waals surface area contributed by atoms with E-state index in [9.17, 15) is 0 Å². The molecule has 1 atom stereocenters. The molecule has 0 aliphatic carbocycles. The number of hydrogen-bond acceptors (Lipinski definition) is 0. The molecule has 5 rings (SSSR count). The van der Waals surface area contributed by atoms with Gasteiger partial charge < -0.3 is 0 Å². The molecule has 0 spiro atoms. The molecule has 0 radical (unpaired) electrons. The first-order valence-corrected chi connectivity index (χ1v) is 10.2. The molecule has 0 heterocycles. The number of benzene rings is 5. The minimum Gasteiger partial charge on any atom is -0.0852 e. The lowest BCUT2D eigenvalue weighted by atomic mass is 9.94. The van der Waals surface area contributed by atoms with Crippen LogP contribution in [0.4, 0.5) is 0 Å².